The molecule has 0 radical (unpaired) electrons. The van der Waals surface area contributed by atoms with Gasteiger partial charge in [0.2, 0.25) is 5.92 Å². The number of rotatable bonds is 7. The van der Waals surface area contributed by atoms with E-state index >= 15 is 0 Å². The van der Waals surface area contributed by atoms with Crippen LogP contribution in [0.4, 0.5) is 22.0 Å². The summed E-state index contributed by atoms with van der Waals surface area (Å²) >= 11 is 0.865. The smallest absolute Gasteiger partial charge is 0.248 e. The van der Waals surface area contributed by atoms with E-state index in [0.29, 0.717) is 17.7 Å². The van der Waals surface area contributed by atoms with Crippen molar-refractivity contribution < 1.29 is 51.6 Å². The third-order valence-corrected chi connectivity index (χ3v) is 9.17. The lowest BCUT2D eigenvalue weighted by molar-refractivity contribution is -0.179. The zero-order chi connectivity index (χ0) is 29.7. The summed E-state index contributed by atoms with van der Waals surface area (Å²) in [6, 6.07) is 0.0925. The average Bonchev–Trinajstić information content (AvgIpc) is 3.58. The van der Waals surface area contributed by atoms with E-state index in [4.69, 9.17) is 9.26 Å². The molecule has 1 saturated carbocycles. The van der Waals surface area contributed by atoms with Crippen molar-refractivity contribution in [3.63, 3.8) is 0 Å². The predicted octanol–water partition coefficient (Wildman–Crippen LogP) is 3.05. The molecular formula is C25H27F5N4O6S. The number of hydrogen-bond acceptors (Lipinski definition) is 10. The summed E-state index contributed by atoms with van der Waals surface area (Å²) in [5, 5.41) is 54.4. The van der Waals surface area contributed by atoms with Crippen LogP contribution in [0.25, 0.3) is 11.3 Å². The van der Waals surface area contributed by atoms with Crippen molar-refractivity contribution in [1.29, 1.82) is 0 Å². The highest BCUT2D eigenvalue weighted by molar-refractivity contribution is 8.00. The summed E-state index contributed by atoms with van der Waals surface area (Å²) in [5.74, 6) is -7.52. The SMILES string of the molecule is Cc1conc1C(S[C@@H]1O[C@H](CO)[C@H](O)[C@H](n2cc(-c3cc(F)c(F)c(F)c3)nn2)[C@H]1O)C1(O)CCC(F)(F)CC1. The Labute approximate surface area is 234 Å². The quantitative estimate of drug-likeness (QED) is 0.234. The standard InChI is InChI=1S/C25H27F5N4O6S/c1-11-10-39-32-18(11)22(24(38)2-4-25(29,30)5-3-24)41-23-21(37)19(20(36)16(9-35)40-23)34-8-15(31-33-34)12-6-13(26)17(28)14(27)7-12/h6-8,10,16,19-23,35-38H,2-5,9H2,1H3/t16-,19+,20+,21-,22?,23+/m1/s1. The van der Waals surface area contributed by atoms with Crippen LogP contribution in [0.5, 0.6) is 0 Å². The first-order valence-electron chi connectivity index (χ1n) is 12.7. The lowest BCUT2D eigenvalue weighted by atomic mass is 9.79. The Balaban J connectivity index is 1.46. The molecule has 4 N–H and O–H groups in total. The topological polar surface area (TPSA) is 147 Å². The lowest BCUT2D eigenvalue weighted by Crippen LogP contribution is -2.55. The molecule has 0 spiro atoms. The summed E-state index contributed by atoms with van der Waals surface area (Å²) in [6.45, 7) is 0.959. The largest absolute Gasteiger partial charge is 0.394 e. The van der Waals surface area contributed by atoms with Gasteiger partial charge in [-0.1, -0.05) is 10.4 Å². The van der Waals surface area contributed by atoms with E-state index < -0.39 is 83.5 Å². The maximum Gasteiger partial charge on any atom is 0.248 e. The Morgan fingerprint density at radius 2 is 1.76 bits per heavy atom. The van der Waals surface area contributed by atoms with Gasteiger partial charge in [-0.05, 0) is 31.9 Å². The highest BCUT2D eigenvalue weighted by atomic mass is 32.2. The van der Waals surface area contributed by atoms with Gasteiger partial charge < -0.3 is 29.7 Å². The number of ether oxygens (including phenoxy) is 1. The summed E-state index contributed by atoms with van der Waals surface area (Å²) in [6.07, 6.45) is -3.61. The molecule has 1 unspecified atom stereocenters. The van der Waals surface area contributed by atoms with Crippen molar-refractivity contribution in [1.82, 2.24) is 20.2 Å². The Hall–Kier alpha value is -2.63. The van der Waals surface area contributed by atoms with Gasteiger partial charge in [0.15, 0.2) is 17.5 Å². The van der Waals surface area contributed by atoms with Crippen LogP contribution in [0.15, 0.2) is 29.1 Å². The van der Waals surface area contributed by atoms with Crippen LogP contribution in [-0.2, 0) is 4.74 Å². The number of halogens is 5. The van der Waals surface area contributed by atoms with Crippen LogP contribution >= 0.6 is 11.8 Å². The van der Waals surface area contributed by atoms with E-state index in [0.717, 1.165) is 16.4 Å². The molecule has 2 aliphatic rings. The van der Waals surface area contributed by atoms with Gasteiger partial charge in [-0.25, -0.2) is 26.6 Å². The first kappa shape index (κ1) is 29.8. The zero-order valence-corrected chi connectivity index (χ0v) is 22.3. The number of hydrogen-bond donors (Lipinski definition) is 4. The predicted molar refractivity (Wildman–Crippen MR) is 132 cm³/mol. The second kappa shape index (κ2) is 11.2. The van der Waals surface area contributed by atoms with Crippen LogP contribution in [0.1, 0.15) is 48.2 Å². The summed E-state index contributed by atoms with van der Waals surface area (Å²) < 4.78 is 80.8. The highest BCUT2D eigenvalue weighted by Gasteiger charge is 2.53. The molecule has 41 heavy (non-hydrogen) atoms. The summed E-state index contributed by atoms with van der Waals surface area (Å²) in [7, 11) is 0. The monoisotopic (exact) mass is 606 g/mol. The molecule has 3 heterocycles. The molecule has 3 aromatic rings. The highest BCUT2D eigenvalue weighted by Crippen LogP contribution is 2.52. The molecule has 224 valence electrons. The molecule has 1 aliphatic heterocycles. The number of aliphatic hydroxyl groups excluding tert-OH is 3. The molecule has 1 saturated heterocycles. The van der Waals surface area contributed by atoms with Crippen molar-refractivity contribution >= 4 is 11.8 Å². The van der Waals surface area contributed by atoms with E-state index in [9.17, 15) is 42.4 Å². The fourth-order valence-corrected chi connectivity index (χ4v) is 6.83. The Morgan fingerprint density at radius 1 is 1.10 bits per heavy atom. The number of aliphatic hydroxyl groups is 4. The minimum atomic E-state index is -2.94. The molecule has 0 bridgehead atoms. The lowest BCUT2D eigenvalue weighted by Gasteiger charge is -2.45. The van der Waals surface area contributed by atoms with Gasteiger partial charge in [0.25, 0.3) is 0 Å². The molecule has 2 aromatic heterocycles. The third-order valence-electron chi connectivity index (χ3n) is 7.58. The van der Waals surface area contributed by atoms with E-state index in [1.807, 2.05) is 0 Å². The number of aromatic nitrogens is 4. The fraction of sp³-hybridized carbons (Fsp3) is 0.560. The molecule has 10 nitrogen and oxygen atoms in total. The minimum absolute atomic E-state index is 0.105. The van der Waals surface area contributed by atoms with Crippen molar-refractivity contribution in [2.24, 2.45) is 0 Å². The Morgan fingerprint density at radius 3 is 2.34 bits per heavy atom. The van der Waals surface area contributed by atoms with Crippen LogP contribution in [0.3, 0.4) is 0 Å². The van der Waals surface area contributed by atoms with Crippen molar-refractivity contribution in [3.05, 3.63) is 53.3 Å². The molecular weight excluding hydrogens is 579 g/mol. The maximum absolute atomic E-state index is 14.0. The number of aryl methyl sites for hydroxylation is 1. The third kappa shape index (κ3) is 5.72. The van der Waals surface area contributed by atoms with Gasteiger partial charge in [-0.15, -0.1) is 16.9 Å². The normalized spacial score (nSPS) is 28.5. The van der Waals surface area contributed by atoms with Crippen molar-refractivity contribution in [3.8, 4) is 11.3 Å². The number of benzene rings is 1. The molecule has 0 amide bonds. The van der Waals surface area contributed by atoms with Crippen molar-refractivity contribution in [2.45, 2.75) is 79.2 Å². The molecule has 16 heteroatoms. The van der Waals surface area contributed by atoms with Gasteiger partial charge in [0.05, 0.1) is 23.7 Å². The zero-order valence-electron chi connectivity index (χ0n) is 21.5. The summed E-state index contributed by atoms with van der Waals surface area (Å²) in [5.41, 5.74) is -2.44. The van der Waals surface area contributed by atoms with Gasteiger partial charge in [-0.3, -0.25) is 0 Å². The molecule has 1 aromatic carbocycles. The number of alkyl halides is 2. The Kier molecular flexibility index (Phi) is 8.17. The average molecular weight is 607 g/mol. The minimum Gasteiger partial charge on any atom is -0.394 e. The van der Waals surface area contributed by atoms with Gasteiger partial charge in [0.1, 0.15) is 47.4 Å². The van der Waals surface area contributed by atoms with E-state index in [1.54, 1.807) is 6.92 Å². The molecule has 1 aliphatic carbocycles. The Bertz CT molecular complexity index is 1360. The molecule has 5 rings (SSSR count). The molecule has 2 fully saturated rings. The molecule has 6 atom stereocenters. The van der Waals surface area contributed by atoms with Crippen molar-refractivity contribution in [2.75, 3.05) is 6.61 Å². The number of nitrogens with zero attached hydrogens (tertiary/aromatic N) is 4. The van der Waals surface area contributed by atoms with Crippen LogP contribution in [0, 0.1) is 24.4 Å². The second-order valence-electron chi connectivity index (χ2n) is 10.4. The van der Waals surface area contributed by atoms with E-state index in [2.05, 4.69) is 15.5 Å². The first-order valence-corrected chi connectivity index (χ1v) is 13.6. The van der Waals surface area contributed by atoms with Gasteiger partial charge in [-0.2, -0.15) is 0 Å². The van der Waals surface area contributed by atoms with Crippen LogP contribution in [0.2, 0.25) is 0 Å². The van der Waals surface area contributed by atoms with Gasteiger partial charge in [0, 0.05) is 24.0 Å². The second-order valence-corrected chi connectivity index (χ2v) is 11.6. The van der Waals surface area contributed by atoms with Crippen LogP contribution < -0.4 is 0 Å². The van der Waals surface area contributed by atoms with Crippen LogP contribution in [-0.4, -0.2) is 82.5 Å². The van der Waals surface area contributed by atoms with E-state index in [-0.39, 0.29) is 29.8 Å². The van der Waals surface area contributed by atoms with Gasteiger partial charge >= 0.3 is 0 Å². The summed E-state index contributed by atoms with van der Waals surface area (Å²) in [4.78, 5) is 0. The number of thioether (sulfide) groups is 1. The maximum atomic E-state index is 14.0. The van der Waals surface area contributed by atoms with E-state index in [1.165, 1.54) is 12.5 Å². The first-order chi connectivity index (χ1) is 19.3. The fourth-order valence-electron chi connectivity index (χ4n) is 5.19.